The van der Waals surface area contributed by atoms with Gasteiger partial charge in [0.25, 0.3) is 5.91 Å². The van der Waals surface area contributed by atoms with Crippen molar-refractivity contribution in [1.82, 2.24) is 4.98 Å². The third kappa shape index (κ3) is 5.81. The van der Waals surface area contributed by atoms with Crippen LogP contribution in [0.1, 0.15) is 26.3 Å². The zero-order valence-corrected chi connectivity index (χ0v) is 14.5. The Morgan fingerprint density at radius 2 is 1.92 bits per heavy atom. The third-order valence-electron chi connectivity index (χ3n) is 3.23. The Morgan fingerprint density at radius 1 is 1.20 bits per heavy atom. The highest BCUT2D eigenvalue weighted by molar-refractivity contribution is 5.93. The van der Waals surface area contributed by atoms with E-state index in [1.54, 1.807) is 49.5 Å². The van der Waals surface area contributed by atoms with Gasteiger partial charge in [0, 0.05) is 6.07 Å². The van der Waals surface area contributed by atoms with E-state index in [9.17, 15) is 4.79 Å². The van der Waals surface area contributed by atoms with E-state index >= 15 is 0 Å². The van der Waals surface area contributed by atoms with Crippen LogP contribution in [-0.2, 0) is 4.79 Å². The molecule has 0 aliphatic carbocycles. The molecule has 0 aliphatic heterocycles. The third-order valence-corrected chi connectivity index (χ3v) is 3.23. The Hall–Kier alpha value is -3.07. The van der Waals surface area contributed by atoms with Crippen molar-refractivity contribution >= 4 is 11.6 Å². The zero-order chi connectivity index (χ0) is 18.2. The number of benzene rings is 1. The van der Waals surface area contributed by atoms with E-state index in [0.29, 0.717) is 35.4 Å². The zero-order valence-electron chi connectivity index (χ0n) is 14.5. The molecule has 0 radical (unpaired) electrons. The van der Waals surface area contributed by atoms with Crippen molar-refractivity contribution in [3.8, 4) is 17.7 Å². The molecule has 0 bridgehead atoms. The standard InChI is InChI=1S/C19H21N3O3/c1-13(2)12-24-18-9-6-16(11-21-18)22-19(23)14(3)25-17-7-4-15(10-20)5-8-17/h4-9,11,13-14H,12H2,1-3H3,(H,22,23). The molecule has 1 unspecified atom stereocenters. The van der Waals surface area contributed by atoms with E-state index in [-0.39, 0.29) is 5.91 Å². The van der Waals surface area contributed by atoms with Gasteiger partial charge in [-0.2, -0.15) is 5.26 Å². The molecule has 0 aliphatic rings. The summed E-state index contributed by atoms with van der Waals surface area (Å²) in [7, 11) is 0. The van der Waals surface area contributed by atoms with Crippen LogP contribution in [0.25, 0.3) is 0 Å². The molecule has 0 spiro atoms. The van der Waals surface area contributed by atoms with E-state index < -0.39 is 6.10 Å². The van der Waals surface area contributed by atoms with Crippen LogP contribution in [0.3, 0.4) is 0 Å². The maximum atomic E-state index is 12.2. The summed E-state index contributed by atoms with van der Waals surface area (Å²) in [5, 5.41) is 11.5. The average Bonchev–Trinajstić information content (AvgIpc) is 2.61. The molecule has 2 rings (SSSR count). The molecule has 0 saturated carbocycles. The fourth-order valence-corrected chi connectivity index (χ4v) is 1.90. The van der Waals surface area contributed by atoms with E-state index in [2.05, 4.69) is 24.1 Å². The van der Waals surface area contributed by atoms with Crippen molar-refractivity contribution < 1.29 is 14.3 Å². The van der Waals surface area contributed by atoms with E-state index in [1.807, 2.05) is 6.07 Å². The number of carbonyl (C=O) groups is 1. The molecule has 1 aromatic heterocycles. The second-order valence-corrected chi connectivity index (χ2v) is 5.98. The molecule has 130 valence electrons. The Labute approximate surface area is 147 Å². The lowest BCUT2D eigenvalue weighted by atomic mass is 10.2. The van der Waals surface area contributed by atoms with Crippen LogP contribution in [0.5, 0.6) is 11.6 Å². The van der Waals surface area contributed by atoms with Crippen LogP contribution in [0, 0.1) is 17.2 Å². The van der Waals surface area contributed by atoms with E-state index in [0.717, 1.165) is 0 Å². The molecular weight excluding hydrogens is 318 g/mol. The van der Waals surface area contributed by atoms with Crippen molar-refractivity contribution in [2.45, 2.75) is 26.9 Å². The van der Waals surface area contributed by atoms with Crippen LogP contribution in [0.2, 0.25) is 0 Å². The largest absolute Gasteiger partial charge is 0.481 e. The Morgan fingerprint density at radius 3 is 2.48 bits per heavy atom. The number of nitrogens with one attached hydrogen (secondary N) is 1. The van der Waals surface area contributed by atoms with E-state index in [1.165, 1.54) is 0 Å². The molecule has 1 amide bonds. The van der Waals surface area contributed by atoms with Crippen molar-refractivity contribution in [2.24, 2.45) is 5.92 Å². The van der Waals surface area contributed by atoms with Crippen LogP contribution in [0.15, 0.2) is 42.6 Å². The molecular formula is C19H21N3O3. The van der Waals surface area contributed by atoms with Gasteiger partial charge in [0.2, 0.25) is 5.88 Å². The number of ether oxygens (including phenoxy) is 2. The summed E-state index contributed by atoms with van der Waals surface area (Å²) < 4.78 is 11.1. The first kappa shape index (κ1) is 18.3. The minimum Gasteiger partial charge on any atom is -0.481 e. The molecule has 1 atom stereocenters. The first-order valence-electron chi connectivity index (χ1n) is 8.04. The number of carbonyl (C=O) groups excluding carboxylic acids is 1. The summed E-state index contributed by atoms with van der Waals surface area (Å²) in [5.41, 5.74) is 1.10. The maximum Gasteiger partial charge on any atom is 0.265 e. The van der Waals surface area contributed by atoms with Gasteiger partial charge >= 0.3 is 0 Å². The first-order valence-corrected chi connectivity index (χ1v) is 8.04. The van der Waals surface area contributed by atoms with Gasteiger partial charge in [-0.3, -0.25) is 4.79 Å². The molecule has 25 heavy (non-hydrogen) atoms. The number of rotatable bonds is 7. The Bertz CT molecular complexity index is 734. The predicted molar refractivity (Wildman–Crippen MR) is 94.4 cm³/mol. The highest BCUT2D eigenvalue weighted by Gasteiger charge is 2.15. The number of nitriles is 1. The lowest BCUT2D eigenvalue weighted by molar-refractivity contribution is -0.122. The van der Waals surface area contributed by atoms with Crippen LogP contribution >= 0.6 is 0 Å². The molecule has 1 aromatic carbocycles. The molecule has 1 heterocycles. The number of nitrogens with zero attached hydrogens (tertiary/aromatic N) is 2. The van der Waals surface area contributed by atoms with Crippen LogP contribution in [0.4, 0.5) is 5.69 Å². The van der Waals surface area contributed by atoms with Gasteiger partial charge in [-0.25, -0.2) is 4.98 Å². The number of amides is 1. The molecule has 0 saturated heterocycles. The number of hydrogen-bond donors (Lipinski definition) is 1. The quantitative estimate of drug-likeness (QED) is 0.836. The fraction of sp³-hybridized carbons (Fsp3) is 0.316. The van der Waals surface area contributed by atoms with Crippen LogP contribution in [-0.4, -0.2) is 23.6 Å². The maximum absolute atomic E-state index is 12.2. The van der Waals surface area contributed by atoms with Gasteiger partial charge < -0.3 is 14.8 Å². The Kier molecular flexibility index (Phi) is 6.35. The minimum absolute atomic E-state index is 0.290. The average molecular weight is 339 g/mol. The summed E-state index contributed by atoms with van der Waals surface area (Å²) in [6, 6.07) is 12.1. The Balaban J connectivity index is 1.88. The normalized spacial score (nSPS) is 11.5. The second-order valence-electron chi connectivity index (χ2n) is 5.98. The lowest BCUT2D eigenvalue weighted by Crippen LogP contribution is -2.30. The van der Waals surface area contributed by atoms with Gasteiger partial charge in [-0.05, 0) is 43.2 Å². The fourth-order valence-electron chi connectivity index (χ4n) is 1.90. The summed E-state index contributed by atoms with van der Waals surface area (Å²) in [5.74, 6) is 1.18. The summed E-state index contributed by atoms with van der Waals surface area (Å²) >= 11 is 0. The van der Waals surface area contributed by atoms with Crippen LogP contribution < -0.4 is 14.8 Å². The van der Waals surface area contributed by atoms with Crippen molar-refractivity contribution in [2.75, 3.05) is 11.9 Å². The first-order chi connectivity index (χ1) is 12.0. The molecule has 6 heteroatoms. The second kappa shape index (κ2) is 8.69. The topological polar surface area (TPSA) is 84.2 Å². The smallest absolute Gasteiger partial charge is 0.265 e. The highest BCUT2D eigenvalue weighted by Crippen LogP contribution is 2.16. The summed E-state index contributed by atoms with van der Waals surface area (Å²) in [6.07, 6.45) is 0.854. The summed E-state index contributed by atoms with van der Waals surface area (Å²) in [4.78, 5) is 16.4. The van der Waals surface area contributed by atoms with Gasteiger partial charge in [-0.15, -0.1) is 0 Å². The highest BCUT2D eigenvalue weighted by atomic mass is 16.5. The van der Waals surface area contributed by atoms with Gasteiger partial charge in [-0.1, -0.05) is 13.8 Å². The van der Waals surface area contributed by atoms with E-state index in [4.69, 9.17) is 14.7 Å². The number of anilines is 1. The van der Waals surface area contributed by atoms with Gasteiger partial charge in [0.05, 0.1) is 30.1 Å². The van der Waals surface area contributed by atoms with Crippen molar-refractivity contribution in [3.63, 3.8) is 0 Å². The van der Waals surface area contributed by atoms with Crippen molar-refractivity contribution in [1.29, 1.82) is 5.26 Å². The molecule has 2 aromatic rings. The molecule has 1 N–H and O–H groups in total. The van der Waals surface area contributed by atoms with Gasteiger partial charge in [0.15, 0.2) is 6.10 Å². The number of pyridine rings is 1. The number of hydrogen-bond acceptors (Lipinski definition) is 5. The van der Waals surface area contributed by atoms with Crippen molar-refractivity contribution in [3.05, 3.63) is 48.2 Å². The monoisotopic (exact) mass is 339 g/mol. The minimum atomic E-state index is -0.690. The number of aromatic nitrogens is 1. The SMILES string of the molecule is CC(C)COc1ccc(NC(=O)C(C)Oc2ccc(C#N)cc2)cn1. The summed E-state index contributed by atoms with van der Waals surface area (Å²) in [6.45, 7) is 6.36. The lowest BCUT2D eigenvalue weighted by Gasteiger charge is -2.15. The molecule has 0 fully saturated rings. The van der Waals surface area contributed by atoms with Gasteiger partial charge in [0.1, 0.15) is 5.75 Å². The predicted octanol–water partition coefficient (Wildman–Crippen LogP) is 3.39. The molecule has 6 nitrogen and oxygen atoms in total.